The fourth-order valence-electron chi connectivity index (χ4n) is 2.81. The Labute approximate surface area is 180 Å². The first-order valence-corrected chi connectivity index (χ1v) is 9.60. The highest BCUT2D eigenvalue weighted by Gasteiger charge is 2.14. The minimum absolute atomic E-state index is 0. The third kappa shape index (κ3) is 10.3. The van der Waals surface area contributed by atoms with Crippen molar-refractivity contribution in [2.75, 3.05) is 46.6 Å². The van der Waals surface area contributed by atoms with Crippen molar-refractivity contribution in [1.82, 2.24) is 10.6 Å². The summed E-state index contributed by atoms with van der Waals surface area (Å²) in [5.41, 5.74) is 1.21. The van der Waals surface area contributed by atoms with E-state index in [1.807, 2.05) is 18.2 Å². The van der Waals surface area contributed by atoms with E-state index < -0.39 is 0 Å². The zero-order valence-corrected chi connectivity index (χ0v) is 18.8. The van der Waals surface area contributed by atoms with Gasteiger partial charge in [0.2, 0.25) is 0 Å². The number of guanidine groups is 1. The maximum Gasteiger partial charge on any atom is 0.191 e. The van der Waals surface area contributed by atoms with Gasteiger partial charge in [-0.1, -0.05) is 30.3 Å². The van der Waals surface area contributed by atoms with E-state index in [9.17, 15) is 0 Å². The molecule has 1 aromatic rings. The first-order valence-electron chi connectivity index (χ1n) is 9.60. The van der Waals surface area contributed by atoms with Crippen LogP contribution < -0.4 is 10.6 Å². The second kappa shape index (κ2) is 15.1. The molecule has 0 aromatic heterocycles. The van der Waals surface area contributed by atoms with Gasteiger partial charge in [0.25, 0.3) is 0 Å². The van der Waals surface area contributed by atoms with Crippen LogP contribution in [0.3, 0.4) is 0 Å². The Morgan fingerprint density at radius 3 is 2.70 bits per heavy atom. The molecule has 1 fully saturated rings. The van der Waals surface area contributed by atoms with Crippen LogP contribution >= 0.6 is 24.0 Å². The zero-order chi connectivity index (χ0) is 18.5. The monoisotopic (exact) mass is 491 g/mol. The molecule has 0 aliphatic carbocycles. The topological polar surface area (TPSA) is 64.1 Å². The van der Waals surface area contributed by atoms with E-state index in [1.165, 1.54) is 5.56 Å². The molecule has 1 aliphatic rings. The van der Waals surface area contributed by atoms with E-state index in [2.05, 4.69) is 34.7 Å². The Morgan fingerprint density at radius 1 is 1.22 bits per heavy atom. The van der Waals surface area contributed by atoms with Gasteiger partial charge in [-0.05, 0) is 31.7 Å². The lowest BCUT2D eigenvalue weighted by Crippen LogP contribution is -2.39. The average Bonchev–Trinajstić information content (AvgIpc) is 3.20. The van der Waals surface area contributed by atoms with Crippen LogP contribution in [0.4, 0.5) is 0 Å². The fraction of sp³-hybridized carbons (Fsp3) is 0.650. The van der Waals surface area contributed by atoms with Crippen molar-refractivity contribution < 1.29 is 14.2 Å². The molecule has 2 atom stereocenters. The van der Waals surface area contributed by atoms with Crippen molar-refractivity contribution in [1.29, 1.82) is 0 Å². The van der Waals surface area contributed by atoms with Crippen molar-refractivity contribution in [3.05, 3.63) is 35.9 Å². The predicted molar refractivity (Wildman–Crippen MR) is 120 cm³/mol. The molecule has 154 valence electrons. The van der Waals surface area contributed by atoms with Gasteiger partial charge in [0, 0.05) is 33.4 Å². The summed E-state index contributed by atoms with van der Waals surface area (Å²) in [5.74, 6) is 0.793. The van der Waals surface area contributed by atoms with E-state index in [0.717, 1.165) is 44.9 Å². The van der Waals surface area contributed by atoms with Gasteiger partial charge in [0.15, 0.2) is 5.96 Å². The van der Waals surface area contributed by atoms with Crippen LogP contribution in [0.1, 0.15) is 37.9 Å². The molecule has 1 heterocycles. The summed E-state index contributed by atoms with van der Waals surface area (Å²) in [4.78, 5) is 4.22. The number of aliphatic imine (C=N–C) groups is 1. The van der Waals surface area contributed by atoms with Crippen LogP contribution in [0.2, 0.25) is 0 Å². The lowest BCUT2D eigenvalue weighted by molar-refractivity contribution is 0.0191. The molecule has 1 aromatic carbocycles. The molecule has 0 saturated carbocycles. The second-order valence-electron chi connectivity index (χ2n) is 6.41. The van der Waals surface area contributed by atoms with Crippen LogP contribution in [0.25, 0.3) is 0 Å². The summed E-state index contributed by atoms with van der Waals surface area (Å²) in [7, 11) is 1.77. The molecular formula is C20H34IN3O3. The molecule has 0 spiro atoms. The third-order valence-electron chi connectivity index (χ3n) is 4.34. The number of benzene rings is 1. The number of hydrogen-bond donors (Lipinski definition) is 2. The normalized spacial score (nSPS) is 18.0. The number of hydrogen-bond acceptors (Lipinski definition) is 4. The summed E-state index contributed by atoms with van der Waals surface area (Å²) in [6.45, 7) is 6.55. The minimum Gasteiger partial charge on any atom is -0.377 e. The second-order valence-corrected chi connectivity index (χ2v) is 6.41. The third-order valence-corrected chi connectivity index (χ3v) is 4.34. The van der Waals surface area contributed by atoms with Gasteiger partial charge in [-0.3, -0.25) is 4.99 Å². The van der Waals surface area contributed by atoms with Gasteiger partial charge in [-0.25, -0.2) is 0 Å². The SMILES string of the molecule is CN=C(NCCCOC(C)c1ccccc1)NCCOCC1CCCO1.I. The van der Waals surface area contributed by atoms with Crippen molar-refractivity contribution in [3.8, 4) is 0 Å². The Hall–Kier alpha value is -0.900. The van der Waals surface area contributed by atoms with Gasteiger partial charge in [-0.2, -0.15) is 0 Å². The molecule has 6 nitrogen and oxygen atoms in total. The summed E-state index contributed by atoms with van der Waals surface area (Å²) in [6, 6.07) is 10.3. The lowest BCUT2D eigenvalue weighted by Gasteiger charge is -2.15. The molecule has 2 N–H and O–H groups in total. The van der Waals surface area contributed by atoms with Gasteiger partial charge in [-0.15, -0.1) is 24.0 Å². The van der Waals surface area contributed by atoms with E-state index in [0.29, 0.717) is 19.8 Å². The zero-order valence-electron chi connectivity index (χ0n) is 16.5. The first kappa shape index (κ1) is 24.1. The summed E-state index contributed by atoms with van der Waals surface area (Å²) >= 11 is 0. The van der Waals surface area contributed by atoms with Gasteiger partial charge >= 0.3 is 0 Å². The van der Waals surface area contributed by atoms with Crippen LogP contribution in [0.5, 0.6) is 0 Å². The summed E-state index contributed by atoms with van der Waals surface area (Å²) in [5, 5.41) is 6.55. The molecule has 27 heavy (non-hydrogen) atoms. The first-order chi connectivity index (χ1) is 12.8. The highest BCUT2D eigenvalue weighted by atomic mass is 127. The van der Waals surface area contributed by atoms with E-state index in [1.54, 1.807) is 7.05 Å². The Morgan fingerprint density at radius 2 is 2.00 bits per heavy atom. The molecule has 0 radical (unpaired) electrons. The van der Waals surface area contributed by atoms with Crippen molar-refractivity contribution in [2.24, 2.45) is 4.99 Å². The standard InChI is InChI=1S/C20H33N3O3.HI/c1-17(18-8-4-3-5-9-18)25-14-7-11-22-20(21-2)23-12-15-24-16-19-10-6-13-26-19;/h3-5,8-9,17,19H,6-7,10-16H2,1-2H3,(H2,21,22,23);1H. The quantitative estimate of drug-likeness (QED) is 0.216. The van der Waals surface area contributed by atoms with Gasteiger partial charge in [0.1, 0.15) is 0 Å². The largest absolute Gasteiger partial charge is 0.377 e. The Kier molecular flexibility index (Phi) is 13.5. The highest BCUT2D eigenvalue weighted by molar-refractivity contribution is 14.0. The number of nitrogens with zero attached hydrogens (tertiary/aromatic N) is 1. The molecule has 7 heteroatoms. The van der Waals surface area contributed by atoms with Crippen LogP contribution in [0, 0.1) is 0 Å². The Bertz CT molecular complexity index is 510. The molecule has 1 aliphatic heterocycles. The molecular weight excluding hydrogens is 457 g/mol. The van der Waals surface area contributed by atoms with Crippen molar-refractivity contribution in [3.63, 3.8) is 0 Å². The molecule has 0 amide bonds. The van der Waals surface area contributed by atoms with E-state index in [4.69, 9.17) is 14.2 Å². The summed E-state index contributed by atoms with van der Waals surface area (Å²) in [6.07, 6.45) is 3.59. The molecule has 0 bridgehead atoms. The van der Waals surface area contributed by atoms with Gasteiger partial charge < -0.3 is 24.8 Å². The summed E-state index contributed by atoms with van der Waals surface area (Å²) < 4.78 is 17.0. The maximum atomic E-state index is 5.87. The van der Waals surface area contributed by atoms with E-state index in [-0.39, 0.29) is 36.2 Å². The maximum absolute atomic E-state index is 5.87. The number of halogens is 1. The van der Waals surface area contributed by atoms with Crippen LogP contribution in [-0.2, 0) is 14.2 Å². The average molecular weight is 491 g/mol. The fourth-order valence-corrected chi connectivity index (χ4v) is 2.81. The molecule has 2 unspecified atom stereocenters. The van der Waals surface area contributed by atoms with Crippen molar-refractivity contribution >= 4 is 29.9 Å². The number of rotatable bonds is 11. The van der Waals surface area contributed by atoms with E-state index >= 15 is 0 Å². The molecule has 1 saturated heterocycles. The highest BCUT2D eigenvalue weighted by Crippen LogP contribution is 2.15. The number of ether oxygens (including phenoxy) is 3. The molecule has 2 rings (SSSR count). The predicted octanol–water partition coefficient (Wildman–Crippen LogP) is 3.13. The van der Waals surface area contributed by atoms with Crippen molar-refractivity contribution in [2.45, 2.75) is 38.4 Å². The lowest BCUT2D eigenvalue weighted by atomic mass is 10.1. The Balaban J connectivity index is 0.00000364. The minimum atomic E-state index is 0. The van der Waals surface area contributed by atoms with Crippen LogP contribution in [-0.4, -0.2) is 58.6 Å². The van der Waals surface area contributed by atoms with Gasteiger partial charge in [0.05, 0.1) is 25.4 Å². The van der Waals surface area contributed by atoms with Crippen LogP contribution in [0.15, 0.2) is 35.3 Å². The number of nitrogens with one attached hydrogen (secondary N) is 2. The smallest absolute Gasteiger partial charge is 0.191 e.